The van der Waals surface area contributed by atoms with Crippen LogP contribution in [0.1, 0.15) is 63.9 Å². The minimum atomic E-state index is -0.0734. The fourth-order valence-corrected chi connectivity index (χ4v) is 5.52. The molecule has 2 heterocycles. The van der Waals surface area contributed by atoms with Crippen LogP contribution in [0.4, 0.5) is 16.2 Å². The molecule has 0 spiro atoms. The minimum Gasteiger partial charge on any atom is -0.370 e. The molecule has 5 nitrogen and oxygen atoms in total. The first-order valence-electron chi connectivity index (χ1n) is 11.8. The quantitative estimate of drug-likeness (QED) is 0.752. The summed E-state index contributed by atoms with van der Waals surface area (Å²) in [5, 5.41) is 6.12. The lowest BCUT2D eigenvalue weighted by Gasteiger charge is -2.28. The average molecular weight is 399 g/mol. The third-order valence-corrected chi connectivity index (χ3v) is 7.34. The van der Waals surface area contributed by atoms with Crippen molar-refractivity contribution in [1.82, 2.24) is 10.2 Å². The third-order valence-electron chi connectivity index (χ3n) is 7.34. The van der Waals surface area contributed by atoms with Crippen LogP contribution < -0.4 is 15.5 Å². The summed E-state index contributed by atoms with van der Waals surface area (Å²) in [7, 11) is 0. The highest BCUT2D eigenvalue weighted by atomic mass is 16.2. The van der Waals surface area contributed by atoms with Gasteiger partial charge < -0.3 is 15.5 Å². The number of nitrogens with zero attached hydrogens (tertiary/aromatic N) is 2. The van der Waals surface area contributed by atoms with Crippen molar-refractivity contribution in [3.63, 3.8) is 0 Å². The summed E-state index contributed by atoms with van der Waals surface area (Å²) in [6.07, 6.45) is 10.4. The Labute approximate surface area is 176 Å². The lowest BCUT2D eigenvalue weighted by Crippen LogP contribution is -2.39. The molecule has 160 valence electrons. The Morgan fingerprint density at radius 2 is 1.90 bits per heavy atom. The van der Waals surface area contributed by atoms with Crippen molar-refractivity contribution in [3.05, 3.63) is 23.8 Å². The number of likely N-dealkylation sites (tertiary alicyclic amines) is 1. The molecule has 1 aliphatic carbocycles. The first-order valence-corrected chi connectivity index (χ1v) is 11.8. The van der Waals surface area contributed by atoms with Crippen molar-refractivity contribution in [2.24, 2.45) is 5.92 Å². The number of urea groups is 1. The first-order chi connectivity index (χ1) is 14.1. The second-order valence-corrected chi connectivity index (χ2v) is 9.46. The Bertz CT molecular complexity index is 700. The summed E-state index contributed by atoms with van der Waals surface area (Å²) in [5.41, 5.74) is 3.33. The molecule has 3 aliphatic rings. The van der Waals surface area contributed by atoms with Gasteiger partial charge in [-0.3, -0.25) is 4.90 Å². The number of aryl methyl sites for hydroxylation is 1. The van der Waals surface area contributed by atoms with Crippen molar-refractivity contribution >= 4 is 17.4 Å². The first kappa shape index (κ1) is 20.5. The van der Waals surface area contributed by atoms with Gasteiger partial charge in [-0.25, -0.2) is 4.79 Å². The van der Waals surface area contributed by atoms with Gasteiger partial charge >= 0.3 is 6.03 Å². The summed E-state index contributed by atoms with van der Waals surface area (Å²) in [6.45, 7) is 8.78. The zero-order chi connectivity index (χ0) is 20.2. The molecule has 2 aliphatic heterocycles. The largest absolute Gasteiger partial charge is 0.370 e. The van der Waals surface area contributed by atoms with Crippen molar-refractivity contribution in [2.45, 2.75) is 77.3 Å². The summed E-state index contributed by atoms with van der Waals surface area (Å²) in [5.74, 6) is 0.652. The van der Waals surface area contributed by atoms with Crippen molar-refractivity contribution < 1.29 is 4.79 Å². The van der Waals surface area contributed by atoms with Crippen LogP contribution in [0.3, 0.4) is 0 Å². The van der Waals surface area contributed by atoms with E-state index in [1.807, 2.05) is 0 Å². The van der Waals surface area contributed by atoms with Crippen LogP contribution in [0.25, 0.3) is 0 Å². The Hall–Kier alpha value is -1.75. The fourth-order valence-electron chi connectivity index (χ4n) is 5.52. The van der Waals surface area contributed by atoms with Crippen LogP contribution in [-0.2, 0) is 0 Å². The van der Waals surface area contributed by atoms with Gasteiger partial charge in [0, 0.05) is 43.1 Å². The van der Waals surface area contributed by atoms with Crippen LogP contribution in [0.2, 0.25) is 0 Å². The van der Waals surface area contributed by atoms with Crippen LogP contribution in [0.5, 0.6) is 0 Å². The Morgan fingerprint density at radius 3 is 2.62 bits per heavy atom. The highest BCUT2D eigenvalue weighted by Gasteiger charge is 2.33. The second kappa shape index (κ2) is 9.38. The molecule has 0 radical (unpaired) electrons. The summed E-state index contributed by atoms with van der Waals surface area (Å²) >= 11 is 0. The molecule has 1 unspecified atom stereocenters. The van der Waals surface area contributed by atoms with E-state index in [9.17, 15) is 4.79 Å². The lowest BCUT2D eigenvalue weighted by atomic mass is 9.89. The van der Waals surface area contributed by atoms with Crippen molar-refractivity contribution in [3.8, 4) is 0 Å². The standard InChI is InChI=1S/C24H38N4O/c1-18-15-21(27-14-12-22(17-27)28-13-6-7-19(28)2)10-11-23(18)26-24(29)25-16-20-8-4-3-5-9-20/h10-11,15,19-20,22H,3-9,12-14,16-17H2,1-2H3,(H2,25,26,29)/t19-,22?/m0/s1. The number of hydrogen-bond acceptors (Lipinski definition) is 3. The number of rotatable bonds is 5. The molecule has 5 heteroatoms. The number of carbonyl (C=O) groups is 1. The van der Waals surface area contributed by atoms with Gasteiger partial charge in [0.1, 0.15) is 0 Å². The summed E-state index contributed by atoms with van der Waals surface area (Å²) in [6, 6.07) is 7.81. The number of anilines is 2. The molecular weight excluding hydrogens is 360 g/mol. The molecule has 2 N–H and O–H groups in total. The number of hydrogen-bond donors (Lipinski definition) is 2. The van der Waals surface area contributed by atoms with Crippen LogP contribution >= 0.6 is 0 Å². The Morgan fingerprint density at radius 1 is 1.07 bits per heavy atom. The van der Waals surface area contributed by atoms with Gasteiger partial charge in [0.25, 0.3) is 0 Å². The van der Waals surface area contributed by atoms with Gasteiger partial charge in [0.05, 0.1) is 0 Å². The van der Waals surface area contributed by atoms with E-state index in [-0.39, 0.29) is 6.03 Å². The maximum atomic E-state index is 12.3. The lowest BCUT2D eigenvalue weighted by molar-refractivity contribution is 0.204. The maximum absolute atomic E-state index is 12.3. The summed E-state index contributed by atoms with van der Waals surface area (Å²) < 4.78 is 0. The van der Waals surface area contributed by atoms with Crippen LogP contribution in [-0.4, -0.2) is 49.2 Å². The highest BCUT2D eigenvalue weighted by molar-refractivity contribution is 5.90. The minimum absolute atomic E-state index is 0.0734. The van der Waals surface area contributed by atoms with Gasteiger partial charge in [0.2, 0.25) is 0 Å². The maximum Gasteiger partial charge on any atom is 0.319 e. The Kier molecular flexibility index (Phi) is 6.63. The second-order valence-electron chi connectivity index (χ2n) is 9.46. The third kappa shape index (κ3) is 5.06. The molecule has 3 fully saturated rings. The molecule has 1 saturated carbocycles. The van der Waals surface area contributed by atoms with Gasteiger partial charge in [-0.05, 0) is 82.2 Å². The van der Waals surface area contributed by atoms with E-state index in [0.717, 1.165) is 36.9 Å². The number of nitrogens with one attached hydrogen (secondary N) is 2. The molecule has 29 heavy (non-hydrogen) atoms. The predicted molar refractivity (Wildman–Crippen MR) is 121 cm³/mol. The van der Waals surface area contributed by atoms with Crippen molar-refractivity contribution in [2.75, 3.05) is 36.4 Å². The topological polar surface area (TPSA) is 47.6 Å². The molecule has 0 bridgehead atoms. The molecule has 1 aromatic rings. The summed E-state index contributed by atoms with van der Waals surface area (Å²) in [4.78, 5) is 17.5. The smallest absolute Gasteiger partial charge is 0.319 e. The number of benzene rings is 1. The van der Waals surface area contributed by atoms with E-state index in [4.69, 9.17) is 0 Å². The van der Waals surface area contributed by atoms with Gasteiger partial charge in [-0.2, -0.15) is 0 Å². The zero-order valence-corrected chi connectivity index (χ0v) is 18.3. The van der Waals surface area contributed by atoms with E-state index < -0.39 is 0 Å². The van der Waals surface area contributed by atoms with E-state index in [1.54, 1.807) is 0 Å². The molecule has 4 rings (SSSR count). The van der Waals surface area contributed by atoms with E-state index in [1.165, 1.54) is 63.6 Å². The number of amides is 2. The molecule has 1 aromatic carbocycles. The molecular formula is C24H38N4O. The average Bonchev–Trinajstić information content (AvgIpc) is 3.37. The zero-order valence-electron chi connectivity index (χ0n) is 18.3. The SMILES string of the molecule is Cc1cc(N2CCC(N3CCC[C@@H]3C)C2)ccc1NC(=O)NCC1CCCCC1. The monoisotopic (exact) mass is 398 g/mol. The van der Waals surface area contributed by atoms with Gasteiger partial charge in [-0.15, -0.1) is 0 Å². The normalized spacial score (nSPS) is 26.1. The Balaban J connectivity index is 1.29. The van der Waals surface area contributed by atoms with E-state index in [0.29, 0.717) is 12.0 Å². The van der Waals surface area contributed by atoms with Crippen molar-refractivity contribution in [1.29, 1.82) is 0 Å². The van der Waals surface area contributed by atoms with Gasteiger partial charge in [-0.1, -0.05) is 19.3 Å². The molecule has 2 atom stereocenters. The highest BCUT2D eigenvalue weighted by Crippen LogP contribution is 2.30. The molecule has 2 saturated heterocycles. The molecule has 0 aromatic heterocycles. The number of carbonyl (C=O) groups excluding carboxylic acids is 1. The fraction of sp³-hybridized carbons (Fsp3) is 0.708. The predicted octanol–water partition coefficient (Wildman–Crippen LogP) is 4.76. The van der Waals surface area contributed by atoms with Gasteiger partial charge in [0.15, 0.2) is 0 Å². The van der Waals surface area contributed by atoms with Crippen LogP contribution in [0.15, 0.2) is 18.2 Å². The van der Waals surface area contributed by atoms with E-state index in [2.05, 4.69) is 52.5 Å². The van der Waals surface area contributed by atoms with Crippen LogP contribution in [0, 0.1) is 12.8 Å². The molecule has 2 amide bonds. The van der Waals surface area contributed by atoms with E-state index >= 15 is 0 Å².